The number of nitrogens with zero attached hydrogens (tertiary/aromatic N) is 1. The van der Waals surface area contributed by atoms with E-state index in [4.69, 9.17) is 9.47 Å². The Morgan fingerprint density at radius 1 is 0.940 bits per heavy atom. The predicted molar refractivity (Wildman–Crippen MR) is 260 cm³/mol. The molecule has 8 heteroatoms. The minimum atomic E-state index is -0.767. The highest BCUT2D eigenvalue weighted by Gasteiger charge is 2.75. The quantitative estimate of drug-likeness (QED) is 0.161. The molecule has 0 radical (unpaired) electrons. The second-order valence-corrected chi connectivity index (χ2v) is 25.2. The SMILES string of the molecule is Cc1cc(C2CCOCC2)cc([C@H]2CC[C@H]3C#C[C@H]4CC(=O)[C@@](C)(C5CCCC5)[C@@H]5CC[C@@]6(C)[C@H]([C@H](O)[C@@H](Cn7c3c2c2[nH]ccc27)C2=C([C@H](C)C[C@@H](O)[C@H]3OC3(C)C)C(=O)C[C@@]26C)[C@@]54C)c1. The molecule has 0 spiro atoms. The number of aromatic nitrogens is 2. The van der Waals surface area contributed by atoms with Crippen LogP contribution in [0, 0.1) is 75.9 Å². The Labute approximate surface area is 398 Å². The molecule has 2 saturated heterocycles. The normalized spacial score (nSPS) is 41.0. The van der Waals surface area contributed by atoms with Crippen LogP contribution in [-0.2, 0) is 25.6 Å². The van der Waals surface area contributed by atoms with E-state index in [1.54, 1.807) is 0 Å². The van der Waals surface area contributed by atoms with E-state index in [-0.39, 0.29) is 58.9 Å². The van der Waals surface area contributed by atoms with Gasteiger partial charge < -0.3 is 29.2 Å². The lowest BCUT2D eigenvalue weighted by Gasteiger charge is -2.71. The molecule has 3 aliphatic heterocycles. The number of carbonyl (C=O) groups is 2. The fraction of sp³-hybridized carbons (Fsp3) is 0.695. The molecule has 5 heterocycles. The highest BCUT2D eigenvalue weighted by atomic mass is 16.6. The Kier molecular flexibility index (Phi) is 10.2. The van der Waals surface area contributed by atoms with Crippen LogP contribution >= 0.6 is 0 Å². The van der Waals surface area contributed by atoms with E-state index in [9.17, 15) is 10.2 Å². The lowest BCUT2D eigenvalue weighted by molar-refractivity contribution is -0.236. The lowest BCUT2D eigenvalue weighted by atomic mass is 9.32. The molecular weight excluding hydrogens is 833 g/mol. The van der Waals surface area contributed by atoms with Gasteiger partial charge in [0, 0.05) is 78.6 Å². The summed E-state index contributed by atoms with van der Waals surface area (Å²) < 4.78 is 14.3. The number of hydrogen-bond acceptors (Lipinski definition) is 6. The monoisotopic (exact) mass is 909 g/mol. The van der Waals surface area contributed by atoms with Crippen LogP contribution < -0.4 is 0 Å². The van der Waals surface area contributed by atoms with E-state index in [2.05, 4.69) is 93.4 Å². The molecule has 3 N–H and O–H groups in total. The van der Waals surface area contributed by atoms with Gasteiger partial charge in [0.05, 0.1) is 34.8 Å². The van der Waals surface area contributed by atoms with Gasteiger partial charge in [-0.1, -0.05) is 83.1 Å². The van der Waals surface area contributed by atoms with E-state index >= 15 is 9.59 Å². The molecule has 3 aromatic rings. The Hall–Kier alpha value is -3.48. The van der Waals surface area contributed by atoms with Gasteiger partial charge in [0.1, 0.15) is 11.9 Å². The first-order chi connectivity index (χ1) is 31.9. The average molecular weight is 909 g/mol. The molecule has 12 rings (SSSR count). The second kappa shape index (κ2) is 15.3. The molecule has 6 fully saturated rings. The maximum atomic E-state index is 15.2. The van der Waals surface area contributed by atoms with Crippen LogP contribution in [0.15, 0.2) is 41.6 Å². The molecule has 67 heavy (non-hydrogen) atoms. The molecule has 0 amide bonds. The van der Waals surface area contributed by atoms with Crippen LogP contribution in [0.1, 0.15) is 178 Å². The van der Waals surface area contributed by atoms with Crippen molar-refractivity contribution in [3.05, 3.63) is 69.6 Å². The maximum absolute atomic E-state index is 15.2. The second-order valence-electron chi connectivity index (χ2n) is 25.2. The van der Waals surface area contributed by atoms with Crippen LogP contribution in [0.25, 0.3) is 11.0 Å². The van der Waals surface area contributed by atoms with Gasteiger partial charge in [0.25, 0.3) is 0 Å². The van der Waals surface area contributed by atoms with Crippen LogP contribution in [-0.4, -0.2) is 68.5 Å². The van der Waals surface area contributed by atoms with Gasteiger partial charge in [0.2, 0.25) is 0 Å². The Bertz CT molecular complexity index is 2640. The molecule has 358 valence electrons. The van der Waals surface area contributed by atoms with E-state index in [0.717, 1.165) is 86.8 Å². The van der Waals surface area contributed by atoms with Crippen LogP contribution in [0.4, 0.5) is 0 Å². The molecule has 0 unspecified atom stereocenters. The average Bonchev–Trinajstić information content (AvgIpc) is 3.85. The molecule has 9 aliphatic rings. The molecular formula is C59H76N2O6. The van der Waals surface area contributed by atoms with Crippen LogP contribution in [0.3, 0.4) is 0 Å². The third kappa shape index (κ3) is 6.18. The molecule has 2 aromatic heterocycles. The maximum Gasteiger partial charge on any atom is 0.160 e. The number of H-pyrrole nitrogens is 1. The first-order valence-corrected chi connectivity index (χ1v) is 26.7. The molecule has 8 nitrogen and oxygen atoms in total. The molecule has 6 aliphatic carbocycles. The van der Waals surface area contributed by atoms with Crippen molar-refractivity contribution in [2.24, 2.45) is 57.2 Å². The summed E-state index contributed by atoms with van der Waals surface area (Å²) in [7, 11) is 0. The summed E-state index contributed by atoms with van der Waals surface area (Å²) in [4.78, 5) is 34.1. The third-order valence-corrected chi connectivity index (χ3v) is 21.6. The summed E-state index contributed by atoms with van der Waals surface area (Å²) in [6.45, 7) is 20.2. The van der Waals surface area contributed by atoms with Crippen LogP contribution in [0.5, 0.6) is 0 Å². The first-order valence-electron chi connectivity index (χ1n) is 26.7. The van der Waals surface area contributed by atoms with E-state index in [1.807, 2.05) is 13.8 Å². The number of aliphatic hydroxyl groups excluding tert-OH is 2. The topological polar surface area (TPSA) is 117 Å². The number of benzene rings is 1. The largest absolute Gasteiger partial charge is 0.392 e. The van der Waals surface area contributed by atoms with Crippen LogP contribution in [0.2, 0.25) is 0 Å². The van der Waals surface area contributed by atoms with E-state index in [1.165, 1.54) is 40.8 Å². The zero-order valence-corrected chi connectivity index (χ0v) is 41.6. The van der Waals surface area contributed by atoms with Crippen molar-refractivity contribution in [3.8, 4) is 11.8 Å². The summed E-state index contributed by atoms with van der Waals surface area (Å²) in [5, 5.41) is 25.7. The highest BCUT2D eigenvalue weighted by molar-refractivity contribution is 6.01. The Morgan fingerprint density at radius 2 is 1.67 bits per heavy atom. The van der Waals surface area contributed by atoms with Crippen molar-refractivity contribution in [2.75, 3.05) is 13.2 Å². The van der Waals surface area contributed by atoms with Gasteiger partial charge in [-0.3, -0.25) is 9.59 Å². The molecule has 2 bridgehead atoms. The van der Waals surface area contributed by atoms with Crippen molar-refractivity contribution in [3.63, 3.8) is 0 Å². The number of epoxide rings is 1. The zero-order chi connectivity index (χ0) is 46.7. The summed E-state index contributed by atoms with van der Waals surface area (Å²) in [5.41, 5.74) is 8.66. The number of aryl methyl sites for hydroxylation is 1. The number of ether oxygens (including phenoxy) is 2. The summed E-state index contributed by atoms with van der Waals surface area (Å²) in [6, 6.07) is 9.52. The summed E-state index contributed by atoms with van der Waals surface area (Å²) in [6.07, 6.45) is 11.9. The smallest absolute Gasteiger partial charge is 0.160 e. The number of hydrogen-bond donors (Lipinski definition) is 3. The third-order valence-electron chi connectivity index (χ3n) is 21.6. The predicted octanol–water partition coefficient (Wildman–Crippen LogP) is 10.9. The minimum Gasteiger partial charge on any atom is -0.392 e. The Balaban J connectivity index is 1.07. The van der Waals surface area contributed by atoms with Crippen molar-refractivity contribution in [1.29, 1.82) is 0 Å². The molecule has 4 saturated carbocycles. The molecule has 1 aromatic carbocycles. The number of fused-ring (bicyclic) bond motifs is 7. The van der Waals surface area contributed by atoms with E-state index in [0.29, 0.717) is 43.4 Å². The summed E-state index contributed by atoms with van der Waals surface area (Å²) >= 11 is 0. The van der Waals surface area contributed by atoms with Crippen molar-refractivity contribution in [2.45, 2.75) is 187 Å². The highest BCUT2D eigenvalue weighted by Crippen LogP contribution is 2.77. The number of ketones is 2. The standard InChI is InChI=1S/C59H76N2O6/c1-32-25-36(34-19-23-66-24-20-34)28-37(26-32)40-16-14-35-13-15-39-29-46(64)58(7,38-11-9-10-12-38)45-17-21-56(5)53(59(39,45)8)52(65)41(31-61-42-18-22-60-50(42)48(40)51(35)61)49-47(44(63)30-57(49,56)6)33(2)27-43(62)54-55(3,4)67-54/h18,22,25-26,28,33-35,38-41,43,45,52-54,60,62,65H,9-12,14,16-17,19-21,23-24,27,29-31H2,1-8H3/t33-,35-,39+,40-,41+,43-,45+,52-,53+,54-,56+,57+,58+,59-/m1/s1. The Morgan fingerprint density at radius 3 is 2.40 bits per heavy atom. The number of allylic oxidation sites excluding steroid dienone is 1. The van der Waals surface area contributed by atoms with Gasteiger partial charge in [-0.2, -0.15) is 0 Å². The number of carbonyl (C=O) groups excluding carboxylic acids is 2. The van der Waals surface area contributed by atoms with Gasteiger partial charge in [0.15, 0.2) is 5.78 Å². The lowest BCUT2D eigenvalue weighted by Crippen LogP contribution is -2.70. The van der Waals surface area contributed by atoms with Crippen molar-refractivity contribution >= 4 is 22.6 Å². The summed E-state index contributed by atoms with van der Waals surface area (Å²) in [5.74, 6) is 8.72. The number of rotatable bonds is 7. The van der Waals surface area contributed by atoms with Crippen molar-refractivity contribution in [1.82, 2.24) is 9.55 Å². The number of nitrogens with one attached hydrogen (secondary N) is 1. The fourth-order valence-corrected chi connectivity index (χ4v) is 18.2. The number of aromatic amines is 1. The first kappa shape index (κ1) is 44.7. The number of aliphatic hydroxyl groups is 2. The van der Waals surface area contributed by atoms with Gasteiger partial charge in [-0.15, -0.1) is 0 Å². The zero-order valence-electron chi connectivity index (χ0n) is 41.6. The van der Waals surface area contributed by atoms with Gasteiger partial charge >= 0.3 is 0 Å². The number of Topliss-reactive ketones (excluding diaryl/α,β-unsaturated/α-hetero) is 2. The van der Waals surface area contributed by atoms with Gasteiger partial charge in [-0.25, -0.2) is 0 Å². The van der Waals surface area contributed by atoms with Gasteiger partial charge in [-0.05, 0) is 147 Å². The fourth-order valence-electron chi connectivity index (χ4n) is 18.2. The van der Waals surface area contributed by atoms with E-state index < -0.39 is 33.9 Å². The molecule has 14 atom stereocenters. The minimum absolute atomic E-state index is 0.0433. The van der Waals surface area contributed by atoms with Crippen molar-refractivity contribution < 1.29 is 29.3 Å².